The van der Waals surface area contributed by atoms with Crippen LogP contribution >= 0.6 is 0 Å². The van der Waals surface area contributed by atoms with Crippen LogP contribution in [0.15, 0.2) is 23.3 Å². The van der Waals surface area contributed by atoms with Gasteiger partial charge in [0.05, 0.1) is 6.10 Å². The van der Waals surface area contributed by atoms with Gasteiger partial charge in [0.2, 0.25) is 0 Å². The monoisotopic (exact) mass is 288 g/mol. The summed E-state index contributed by atoms with van der Waals surface area (Å²) in [6.07, 6.45) is 8.18. The largest absolute Gasteiger partial charge is 0.389 e. The first-order valence-electron chi connectivity index (χ1n) is 8.81. The predicted octanol–water partition coefficient (Wildman–Crippen LogP) is 5.26. The maximum atomic E-state index is 10.3. The fourth-order valence-electron chi connectivity index (χ4n) is 5.58. The van der Waals surface area contributed by atoms with Crippen LogP contribution in [0.5, 0.6) is 0 Å². The van der Waals surface area contributed by atoms with Gasteiger partial charge < -0.3 is 5.11 Å². The first-order chi connectivity index (χ1) is 9.75. The van der Waals surface area contributed by atoms with Crippen LogP contribution in [0.2, 0.25) is 0 Å². The van der Waals surface area contributed by atoms with E-state index >= 15 is 0 Å². The van der Waals surface area contributed by atoms with Gasteiger partial charge in [-0.1, -0.05) is 38.5 Å². The third kappa shape index (κ3) is 2.32. The molecule has 1 N–H and O–H groups in total. The van der Waals surface area contributed by atoms with Crippen molar-refractivity contribution >= 4 is 0 Å². The SMILES string of the molecule is C=C1[C@H](O)CC[C@@]2(C)CCC3=C(C)CC[C@@H](C[C@H]12)C3(C)C. The Kier molecular flexibility index (Phi) is 3.64. The second kappa shape index (κ2) is 4.98. The van der Waals surface area contributed by atoms with Crippen LogP contribution in [0.3, 0.4) is 0 Å². The summed E-state index contributed by atoms with van der Waals surface area (Å²) in [5, 5.41) is 10.3. The summed E-state index contributed by atoms with van der Waals surface area (Å²) in [7, 11) is 0. The Bertz CT molecular complexity index is 484. The van der Waals surface area contributed by atoms with Crippen molar-refractivity contribution in [3.8, 4) is 0 Å². The van der Waals surface area contributed by atoms with Crippen LogP contribution in [-0.4, -0.2) is 11.2 Å². The molecule has 2 saturated carbocycles. The molecule has 1 nitrogen and oxygen atoms in total. The molecule has 0 radical (unpaired) electrons. The number of aliphatic hydroxyl groups excluding tert-OH is 1. The molecule has 0 saturated heterocycles. The molecule has 3 aliphatic carbocycles. The smallest absolute Gasteiger partial charge is 0.0750 e. The minimum absolute atomic E-state index is 0.258. The van der Waals surface area contributed by atoms with Crippen molar-refractivity contribution < 1.29 is 5.11 Å². The lowest BCUT2D eigenvalue weighted by Gasteiger charge is -2.53. The molecular formula is C20H32O. The first kappa shape index (κ1) is 15.3. The standard InChI is InChI=1S/C20H32O/c1-13-6-7-15-12-17-14(2)18(21)9-11-20(17,5)10-8-16(13)19(15,3)4/h15,17-18,21H,2,6-12H2,1,3-5H3/t15-,17+,18+,20+/m0/s1. The van der Waals surface area contributed by atoms with Gasteiger partial charge in [0.1, 0.15) is 0 Å². The quantitative estimate of drug-likeness (QED) is 0.603. The minimum atomic E-state index is -0.258. The number of hydrogen-bond donors (Lipinski definition) is 1. The van der Waals surface area contributed by atoms with Crippen LogP contribution in [0.4, 0.5) is 0 Å². The van der Waals surface area contributed by atoms with Gasteiger partial charge in [0.15, 0.2) is 0 Å². The van der Waals surface area contributed by atoms with E-state index in [1.165, 1.54) is 32.1 Å². The van der Waals surface area contributed by atoms with Crippen molar-refractivity contribution in [2.75, 3.05) is 0 Å². The van der Waals surface area contributed by atoms with Crippen molar-refractivity contribution in [1.82, 2.24) is 0 Å². The average molecular weight is 288 g/mol. The molecule has 1 heteroatoms. The summed E-state index contributed by atoms with van der Waals surface area (Å²) < 4.78 is 0. The van der Waals surface area contributed by atoms with E-state index in [4.69, 9.17) is 0 Å². The summed E-state index contributed by atoms with van der Waals surface area (Å²) in [6.45, 7) is 14.0. The van der Waals surface area contributed by atoms with E-state index in [1.54, 1.807) is 11.1 Å². The van der Waals surface area contributed by atoms with Gasteiger partial charge in [-0.25, -0.2) is 0 Å². The zero-order valence-corrected chi connectivity index (χ0v) is 14.3. The Balaban J connectivity index is 1.99. The van der Waals surface area contributed by atoms with Crippen LogP contribution in [0.25, 0.3) is 0 Å². The molecule has 0 heterocycles. The molecule has 21 heavy (non-hydrogen) atoms. The van der Waals surface area contributed by atoms with Crippen LogP contribution in [0.1, 0.15) is 72.6 Å². The van der Waals surface area contributed by atoms with E-state index < -0.39 is 0 Å². The molecule has 0 amide bonds. The summed E-state index contributed by atoms with van der Waals surface area (Å²) in [6, 6.07) is 0. The van der Waals surface area contributed by atoms with Gasteiger partial charge in [0.25, 0.3) is 0 Å². The predicted molar refractivity (Wildman–Crippen MR) is 89.0 cm³/mol. The third-order valence-electron chi connectivity index (χ3n) is 7.35. The van der Waals surface area contributed by atoms with Gasteiger partial charge in [-0.05, 0) is 80.1 Å². The summed E-state index contributed by atoms with van der Waals surface area (Å²) >= 11 is 0. The summed E-state index contributed by atoms with van der Waals surface area (Å²) in [4.78, 5) is 0. The Hall–Kier alpha value is -0.560. The van der Waals surface area contributed by atoms with E-state index in [0.717, 1.165) is 24.3 Å². The van der Waals surface area contributed by atoms with Crippen LogP contribution < -0.4 is 0 Å². The van der Waals surface area contributed by atoms with Gasteiger partial charge in [-0.3, -0.25) is 0 Å². The normalized spacial score (nSPS) is 43.1. The lowest BCUT2D eigenvalue weighted by molar-refractivity contribution is 0.0289. The molecule has 0 aromatic carbocycles. The van der Waals surface area contributed by atoms with Crippen molar-refractivity contribution in [3.63, 3.8) is 0 Å². The Morgan fingerprint density at radius 3 is 2.52 bits per heavy atom. The second-order valence-corrected chi connectivity index (χ2v) is 8.79. The number of fused-ring (bicyclic) bond motifs is 3. The van der Waals surface area contributed by atoms with Gasteiger partial charge >= 0.3 is 0 Å². The number of hydrogen-bond acceptors (Lipinski definition) is 1. The lowest BCUT2D eigenvalue weighted by Crippen LogP contribution is -2.44. The zero-order valence-electron chi connectivity index (χ0n) is 14.3. The topological polar surface area (TPSA) is 20.2 Å². The van der Waals surface area contributed by atoms with E-state index in [-0.39, 0.29) is 6.10 Å². The molecule has 0 aromatic rings. The molecule has 0 aliphatic heterocycles. The molecule has 118 valence electrons. The van der Waals surface area contributed by atoms with Crippen molar-refractivity contribution in [3.05, 3.63) is 23.3 Å². The molecule has 2 fully saturated rings. The highest BCUT2D eigenvalue weighted by Crippen LogP contribution is 2.58. The number of aliphatic hydroxyl groups is 1. The maximum Gasteiger partial charge on any atom is 0.0750 e. The highest BCUT2D eigenvalue weighted by atomic mass is 16.3. The molecular weight excluding hydrogens is 256 g/mol. The Labute approximate surface area is 130 Å². The zero-order chi connectivity index (χ0) is 15.4. The number of rotatable bonds is 0. The fraction of sp³-hybridized carbons (Fsp3) is 0.800. The van der Waals surface area contributed by atoms with E-state index in [1.807, 2.05) is 0 Å². The highest BCUT2D eigenvalue weighted by molar-refractivity contribution is 5.27. The van der Waals surface area contributed by atoms with E-state index in [9.17, 15) is 5.11 Å². The van der Waals surface area contributed by atoms with Crippen LogP contribution in [0, 0.1) is 22.7 Å². The Morgan fingerprint density at radius 1 is 1.10 bits per heavy atom. The van der Waals surface area contributed by atoms with Crippen molar-refractivity contribution in [2.45, 2.75) is 78.7 Å². The maximum absolute atomic E-state index is 10.3. The Morgan fingerprint density at radius 2 is 1.81 bits per heavy atom. The summed E-state index contributed by atoms with van der Waals surface area (Å²) in [5.74, 6) is 1.27. The first-order valence-corrected chi connectivity index (χ1v) is 8.81. The van der Waals surface area contributed by atoms with E-state index in [0.29, 0.717) is 16.7 Å². The van der Waals surface area contributed by atoms with Crippen LogP contribution in [-0.2, 0) is 0 Å². The minimum Gasteiger partial charge on any atom is -0.389 e. The molecule has 3 aliphatic rings. The molecule has 3 rings (SSSR count). The molecule has 0 spiro atoms. The second-order valence-electron chi connectivity index (χ2n) is 8.79. The molecule has 0 unspecified atom stereocenters. The third-order valence-corrected chi connectivity index (χ3v) is 7.35. The average Bonchev–Trinajstić information content (AvgIpc) is 2.40. The molecule has 2 bridgehead atoms. The lowest BCUT2D eigenvalue weighted by atomic mass is 9.52. The van der Waals surface area contributed by atoms with Crippen molar-refractivity contribution in [1.29, 1.82) is 0 Å². The van der Waals surface area contributed by atoms with E-state index in [2.05, 4.69) is 34.3 Å². The number of allylic oxidation sites excluding steroid dienone is 2. The van der Waals surface area contributed by atoms with Gasteiger partial charge in [0, 0.05) is 0 Å². The summed E-state index contributed by atoms with van der Waals surface area (Å²) in [5.41, 5.74) is 5.23. The van der Waals surface area contributed by atoms with Gasteiger partial charge in [-0.2, -0.15) is 0 Å². The molecule has 0 aromatic heterocycles. The van der Waals surface area contributed by atoms with Gasteiger partial charge in [-0.15, -0.1) is 0 Å². The highest BCUT2D eigenvalue weighted by Gasteiger charge is 2.48. The van der Waals surface area contributed by atoms with Crippen molar-refractivity contribution in [2.24, 2.45) is 22.7 Å². The fourth-order valence-corrected chi connectivity index (χ4v) is 5.58. The molecule has 4 atom stereocenters.